The van der Waals surface area contributed by atoms with Crippen LogP contribution in [-0.2, 0) is 0 Å². The van der Waals surface area contributed by atoms with E-state index in [4.69, 9.17) is 33.0 Å². The van der Waals surface area contributed by atoms with Gasteiger partial charge in [0.25, 0.3) is 0 Å². The number of amides is 1. The Balaban J connectivity index is 1.74. The lowest BCUT2D eigenvalue weighted by molar-refractivity contribution is 0.187. The highest BCUT2D eigenvalue weighted by molar-refractivity contribution is 14.1. The van der Waals surface area contributed by atoms with Gasteiger partial charge in [0.15, 0.2) is 11.6 Å². The number of piperidine rings is 1. The summed E-state index contributed by atoms with van der Waals surface area (Å²) < 4.78 is 6.89. The minimum atomic E-state index is -0.996. The quantitative estimate of drug-likeness (QED) is 0.568. The first-order valence-electron chi connectivity index (χ1n) is 7.96. The standard InChI is InChI=1S/C17H16Cl2IN3O3/c18-12-9-10(20)1-2-13(12)26-14-3-6-21-16(15(14)19)23-7-4-11(5-8-23)22-17(24)25/h1-3,6,9,11,22H,4-5,7-8H2,(H,24,25). The molecule has 1 fully saturated rings. The Morgan fingerprint density at radius 1 is 1.27 bits per heavy atom. The van der Waals surface area contributed by atoms with Crippen molar-refractivity contribution in [1.29, 1.82) is 0 Å². The summed E-state index contributed by atoms with van der Waals surface area (Å²) in [6, 6.07) is 7.15. The van der Waals surface area contributed by atoms with Gasteiger partial charge < -0.3 is 20.1 Å². The van der Waals surface area contributed by atoms with Crippen LogP contribution >= 0.6 is 45.8 Å². The molecule has 3 rings (SSSR count). The summed E-state index contributed by atoms with van der Waals surface area (Å²) in [5, 5.41) is 12.3. The fourth-order valence-corrected chi connectivity index (χ4v) is 3.97. The number of anilines is 1. The largest absolute Gasteiger partial charge is 0.465 e. The molecule has 2 heterocycles. The average Bonchev–Trinajstić information content (AvgIpc) is 2.59. The van der Waals surface area contributed by atoms with Crippen LogP contribution in [-0.4, -0.2) is 35.3 Å². The van der Waals surface area contributed by atoms with E-state index in [-0.39, 0.29) is 6.04 Å². The van der Waals surface area contributed by atoms with Gasteiger partial charge in [0.05, 0.1) is 5.02 Å². The minimum absolute atomic E-state index is 0.0486. The summed E-state index contributed by atoms with van der Waals surface area (Å²) in [6.45, 7) is 1.32. The zero-order chi connectivity index (χ0) is 18.7. The normalized spacial score (nSPS) is 15.0. The van der Waals surface area contributed by atoms with E-state index in [1.807, 2.05) is 17.0 Å². The van der Waals surface area contributed by atoms with Crippen LogP contribution in [0.25, 0.3) is 0 Å². The number of carbonyl (C=O) groups is 1. The van der Waals surface area contributed by atoms with Gasteiger partial charge in [-0.2, -0.15) is 0 Å². The number of ether oxygens (including phenoxy) is 1. The van der Waals surface area contributed by atoms with Gasteiger partial charge in [-0.05, 0) is 53.6 Å². The molecular formula is C17H16Cl2IN3O3. The molecule has 0 bridgehead atoms. The zero-order valence-electron chi connectivity index (χ0n) is 13.6. The van der Waals surface area contributed by atoms with Crippen LogP contribution in [0.2, 0.25) is 10.0 Å². The molecule has 2 N–H and O–H groups in total. The number of carboxylic acid groups (broad SMARTS) is 1. The first-order chi connectivity index (χ1) is 12.4. The Kier molecular flexibility index (Phi) is 6.31. The zero-order valence-corrected chi connectivity index (χ0v) is 17.3. The maximum Gasteiger partial charge on any atom is 0.404 e. The van der Waals surface area contributed by atoms with Gasteiger partial charge in [-0.1, -0.05) is 23.2 Å². The second-order valence-corrected chi connectivity index (χ2v) is 7.87. The molecule has 0 atom stereocenters. The number of nitrogens with one attached hydrogen (secondary N) is 1. The SMILES string of the molecule is O=C(O)NC1CCN(c2nccc(Oc3ccc(I)cc3Cl)c2Cl)CC1. The first kappa shape index (κ1) is 19.3. The van der Waals surface area contributed by atoms with E-state index in [2.05, 4.69) is 32.9 Å². The summed E-state index contributed by atoms with van der Waals surface area (Å²) >= 11 is 14.9. The Bertz CT molecular complexity index is 814. The maximum absolute atomic E-state index is 10.8. The third-order valence-corrected chi connectivity index (χ3v) is 5.39. The second-order valence-electron chi connectivity index (χ2n) is 5.83. The summed E-state index contributed by atoms with van der Waals surface area (Å²) in [7, 11) is 0. The van der Waals surface area contributed by atoms with E-state index in [1.54, 1.807) is 18.3 Å². The van der Waals surface area contributed by atoms with E-state index in [0.29, 0.717) is 53.3 Å². The molecule has 1 aliphatic heterocycles. The van der Waals surface area contributed by atoms with Crippen molar-refractivity contribution in [3.05, 3.63) is 44.1 Å². The molecule has 1 amide bonds. The van der Waals surface area contributed by atoms with Crippen LogP contribution < -0.4 is 15.0 Å². The summed E-state index contributed by atoms with van der Waals surface area (Å²) in [4.78, 5) is 17.2. The predicted molar refractivity (Wildman–Crippen MR) is 110 cm³/mol. The van der Waals surface area contributed by atoms with Crippen molar-refractivity contribution in [3.63, 3.8) is 0 Å². The molecule has 1 aromatic carbocycles. The van der Waals surface area contributed by atoms with E-state index < -0.39 is 6.09 Å². The maximum atomic E-state index is 10.8. The Labute approximate surface area is 174 Å². The van der Waals surface area contributed by atoms with Crippen molar-refractivity contribution >= 4 is 57.7 Å². The summed E-state index contributed by atoms with van der Waals surface area (Å²) in [6.07, 6.45) is 2.03. The molecule has 1 saturated heterocycles. The van der Waals surface area contributed by atoms with Crippen molar-refractivity contribution in [2.24, 2.45) is 0 Å². The number of hydrogen-bond donors (Lipinski definition) is 2. The fourth-order valence-electron chi connectivity index (χ4n) is 2.80. The summed E-state index contributed by atoms with van der Waals surface area (Å²) in [5.74, 6) is 1.63. The van der Waals surface area contributed by atoms with E-state index in [0.717, 1.165) is 3.57 Å². The molecule has 1 aromatic heterocycles. The molecular weight excluding hydrogens is 492 g/mol. The van der Waals surface area contributed by atoms with E-state index in [1.165, 1.54) is 0 Å². The lowest BCUT2D eigenvalue weighted by Gasteiger charge is -2.33. The Morgan fingerprint density at radius 2 is 2.00 bits per heavy atom. The van der Waals surface area contributed by atoms with Crippen molar-refractivity contribution in [2.45, 2.75) is 18.9 Å². The van der Waals surface area contributed by atoms with Crippen molar-refractivity contribution in [1.82, 2.24) is 10.3 Å². The molecule has 9 heteroatoms. The second kappa shape index (κ2) is 8.49. The van der Waals surface area contributed by atoms with Crippen LogP contribution in [0.3, 0.4) is 0 Å². The van der Waals surface area contributed by atoms with Crippen LogP contribution in [0, 0.1) is 3.57 Å². The van der Waals surface area contributed by atoms with E-state index >= 15 is 0 Å². The topological polar surface area (TPSA) is 74.7 Å². The smallest absolute Gasteiger partial charge is 0.404 e. The molecule has 0 saturated carbocycles. The Hall–Kier alpha value is -1.45. The van der Waals surface area contributed by atoms with Gasteiger partial charge in [-0.15, -0.1) is 0 Å². The van der Waals surface area contributed by atoms with Crippen molar-refractivity contribution in [3.8, 4) is 11.5 Å². The number of aromatic nitrogens is 1. The number of halogens is 3. The van der Waals surface area contributed by atoms with Gasteiger partial charge in [-0.25, -0.2) is 9.78 Å². The lowest BCUT2D eigenvalue weighted by atomic mass is 10.1. The molecule has 0 unspecified atom stereocenters. The van der Waals surface area contributed by atoms with E-state index in [9.17, 15) is 4.79 Å². The van der Waals surface area contributed by atoms with Gasteiger partial charge in [0, 0.05) is 35.0 Å². The third kappa shape index (κ3) is 4.63. The molecule has 0 spiro atoms. The third-order valence-electron chi connectivity index (χ3n) is 4.07. The van der Waals surface area contributed by atoms with Gasteiger partial charge in [0.2, 0.25) is 0 Å². The highest BCUT2D eigenvalue weighted by atomic mass is 127. The molecule has 0 aliphatic carbocycles. The Morgan fingerprint density at radius 3 is 2.65 bits per heavy atom. The first-order valence-corrected chi connectivity index (χ1v) is 9.79. The number of benzene rings is 1. The molecule has 1 aliphatic rings. The van der Waals surface area contributed by atoms with Gasteiger partial charge in [0.1, 0.15) is 10.8 Å². The predicted octanol–water partition coefficient (Wildman–Crippen LogP) is 5.02. The lowest BCUT2D eigenvalue weighted by Crippen LogP contribution is -2.44. The summed E-state index contributed by atoms with van der Waals surface area (Å²) in [5.41, 5.74) is 0. The van der Waals surface area contributed by atoms with Crippen LogP contribution in [0.4, 0.5) is 10.6 Å². The highest BCUT2D eigenvalue weighted by Gasteiger charge is 2.24. The molecule has 0 radical (unpaired) electrons. The van der Waals surface area contributed by atoms with Crippen LogP contribution in [0.15, 0.2) is 30.5 Å². The van der Waals surface area contributed by atoms with Gasteiger partial charge >= 0.3 is 6.09 Å². The number of pyridine rings is 1. The van der Waals surface area contributed by atoms with Crippen LogP contribution in [0.1, 0.15) is 12.8 Å². The molecule has 2 aromatic rings. The fraction of sp³-hybridized carbons (Fsp3) is 0.294. The number of rotatable bonds is 4. The molecule has 26 heavy (non-hydrogen) atoms. The molecule has 6 nitrogen and oxygen atoms in total. The number of hydrogen-bond acceptors (Lipinski definition) is 4. The average molecular weight is 508 g/mol. The van der Waals surface area contributed by atoms with Crippen LogP contribution in [0.5, 0.6) is 11.5 Å². The van der Waals surface area contributed by atoms with Gasteiger partial charge in [-0.3, -0.25) is 0 Å². The minimum Gasteiger partial charge on any atom is -0.465 e. The van der Waals surface area contributed by atoms with Crippen molar-refractivity contribution < 1.29 is 14.6 Å². The highest BCUT2D eigenvalue weighted by Crippen LogP contribution is 2.38. The monoisotopic (exact) mass is 507 g/mol. The van der Waals surface area contributed by atoms with Crippen molar-refractivity contribution in [2.75, 3.05) is 18.0 Å². The molecule has 138 valence electrons. The number of nitrogens with zero attached hydrogens (tertiary/aromatic N) is 2.